The minimum atomic E-state index is -2.20. The Kier molecular flexibility index (Phi) is 7.93. The highest BCUT2D eigenvalue weighted by atomic mass is 35.5. The normalized spacial score (nSPS) is 18.9. The third kappa shape index (κ3) is 4.18. The van der Waals surface area contributed by atoms with Crippen LogP contribution in [0, 0.1) is 0 Å². The van der Waals surface area contributed by atoms with E-state index in [1.54, 1.807) is 0 Å². The maximum atomic E-state index is 10.1. The van der Waals surface area contributed by atoms with Gasteiger partial charge in [-0.3, -0.25) is 0 Å². The highest BCUT2D eigenvalue weighted by molar-refractivity contribution is 5.85. The van der Waals surface area contributed by atoms with Crippen LogP contribution in [0.1, 0.15) is 0 Å². The lowest BCUT2D eigenvalue weighted by Gasteiger charge is -2.23. The van der Waals surface area contributed by atoms with Crippen molar-refractivity contribution in [3.63, 3.8) is 0 Å². The molecule has 0 fully saturated rings. The summed E-state index contributed by atoms with van der Waals surface area (Å²) in [5, 5.41) is 51.8. The second-order valence-electron chi connectivity index (χ2n) is 2.51. The zero-order valence-electron chi connectivity index (χ0n) is 7.02. The van der Waals surface area contributed by atoms with E-state index in [1.807, 2.05) is 0 Å². The molecule has 0 aliphatic heterocycles. The van der Waals surface area contributed by atoms with E-state index in [0.29, 0.717) is 0 Å². The van der Waals surface area contributed by atoms with Crippen LogP contribution in [0.4, 0.5) is 0 Å². The molecule has 8 heteroatoms. The van der Waals surface area contributed by atoms with E-state index in [0.717, 1.165) is 0 Å². The Bertz CT molecular complexity index is 176. The molecular weight excluding hydrogens is 220 g/mol. The van der Waals surface area contributed by atoms with Crippen molar-refractivity contribution in [3.05, 3.63) is 0 Å². The van der Waals surface area contributed by atoms with Crippen LogP contribution < -0.4 is 0 Å². The van der Waals surface area contributed by atoms with Gasteiger partial charge in [-0.25, -0.2) is 4.79 Å². The summed E-state index contributed by atoms with van der Waals surface area (Å²) in [6, 6.07) is 0. The number of halogens is 1. The monoisotopic (exact) mass is 232 g/mol. The number of carboxylic acids is 1. The van der Waals surface area contributed by atoms with Crippen molar-refractivity contribution in [2.75, 3.05) is 6.61 Å². The van der Waals surface area contributed by atoms with Gasteiger partial charge in [0.15, 0.2) is 6.10 Å². The first-order chi connectivity index (χ1) is 5.91. The van der Waals surface area contributed by atoms with Crippen molar-refractivity contribution in [2.45, 2.75) is 24.4 Å². The molecule has 0 radical (unpaired) electrons. The molecule has 6 N–H and O–H groups in total. The number of aliphatic carboxylic acids is 1. The van der Waals surface area contributed by atoms with Crippen LogP contribution in [0.25, 0.3) is 0 Å². The number of aliphatic hydroxyl groups is 5. The molecule has 0 aromatic heterocycles. The summed E-state index contributed by atoms with van der Waals surface area (Å²) in [5.41, 5.74) is 0. The van der Waals surface area contributed by atoms with Crippen molar-refractivity contribution >= 4 is 18.4 Å². The van der Waals surface area contributed by atoms with Crippen LogP contribution >= 0.6 is 12.4 Å². The Morgan fingerprint density at radius 3 is 1.79 bits per heavy atom. The van der Waals surface area contributed by atoms with E-state index < -0.39 is 37.0 Å². The van der Waals surface area contributed by atoms with Gasteiger partial charge in [0.2, 0.25) is 0 Å². The standard InChI is InChI=1S/C6H12O7.ClH/c7-1-2(8)3(9)4(10)5(11)6(12)13;/h2-5,7-11H,1H2,(H,12,13);1H/t2-,3+,4-,5-;/m1./s1. The fourth-order valence-electron chi connectivity index (χ4n) is 0.668. The first-order valence-electron chi connectivity index (χ1n) is 3.47. The molecule has 4 atom stereocenters. The van der Waals surface area contributed by atoms with E-state index >= 15 is 0 Å². The number of aliphatic hydroxyl groups excluding tert-OH is 5. The molecule has 86 valence electrons. The Morgan fingerprint density at radius 1 is 1.07 bits per heavy atom. The van der Waals surface area contributed by atoms with E-state index in [1.165, 1.54) is 0 Å². The topological polar surface area (TPSA) is 138 Å². The molecule has 0 bridgehead atoms. The molecule has 7 nitrogen and oxygen atoms in total. The van der Waals surface area contributed by atoms with Gasteiger partial charge in [-0.2, -0.15) is 0 Å². The fourth-order valence-corrected chi connectivity index (χ4v) is 0.668. The van der Waals surface area contributed by atoms with Gasteiger partial charge in [0.1, 0.15) is 18.3 Å². The first kappa shape index (κ1) is 16.0. The van der Waals surface area contributed by atoms with Gasteiger partial charge in [-0.1, -0.05) is 0 Å². The van der Waals surface area contributed by atoms with Gasteiger partial charge < -0.3 is 30.6 Å². The molecule has 0 heterocycles. The van der Waals surface area contributed by atoms with Crippen LogP contribution in [0.3, 0.4) is 0 Å². The molecule has 0 aliphatic rings. The van der Waals surface area contributed by atoms with Gasteiger partial charge >= 0.3 is 5.97 Å². The molecule has 0 saturated heterocycles. The highest BCUT2D eigenvalue weighted by Gasteiger charge is 2.33. The molecule has 0 aromatic rings. The summed E-state index contributed by atoms with van der Waals surface area (Å²) < 4.78 is 0. The number of hydrogen-bond acceptors (Lipinski definition) is 6. The summed E-state index contributed by atoms with van der Waals surface area (Å²) in [5.74, 6) is -1.73. The minimum absolute atomic E-state index is 0. The van der Waals surface area contributed by atoms with Gasteiger partial charge in [0.05, 0.1) is 6.61 Å². The lowest BCUT2D eigenvalue weighted by molar-refractivity contribution is -0.164. The van der Waals surface area contributed by atoms with Crippen molar-refractivity contribution in [3.8, 4) is 0 Å². The van der Waals surface area contributed by atoms with Gasteiger partial charge in [0.25, 0.3) is 0 Å². The number of hydrogen-bond donors (Lipinski definition) is 6. The lowest BCUT2D eigenvalue weighted by Crippen LogP contribution is -2.48. The Morgan fingerprint density at radius 2 is 1.50 bits per heavy atom. The second-order valence-corrected chi connectivity index (χ2v) is 2.51. The van der Waals surface area contributed by atoms with Crippen molar-refractivity contribution in [1.82, 2.24) is 0 Å². The molecule has 0 amide bonds. The molecular formula is C6H13ClO7. The lowest BCUT2D eigenvalue weighted by atomic mass is 10.0. The fraction of sp³-hybridized carbons (Fsp3) is 0.833. The summed E-state index contributed by atoms with van der Waals surface area (Å²) in [7, 11) is 0. The number of rotatable bonds is 5. The largest absolute Gasteiger partial charge is 0.479 e. The van der Waals surface area contributed by atoms with E-state index in [2.05, 4.69) is 0 Å². The summed E-state index contributed by atoms with van der Waals surface area (Å²) in [4.78, 5) is 10.1. The maximum Gasteiger partial charge on any atom is 0.335 e. The quantitative estimate of drug-likeness (QED) is 0.296. The molecule has 0 spiro atoms. The van der Waals surface area contributed by atoms with E-state index in [4.69, 9.17) is 30.6 Å². The van der Waals surface area contributed by atoms with Crippen molar-refractivity contribution in [1.29, 1.82) is 0 Å². The molecule has 0 unspecified atom stereocenters. The summed E-state index contributed by atoms with van der Waals surface area (Å²) >= 11 is 0. The molecule has 0 saturated carbocycles. The van der Waals surface area contributed by atoms with Crippen molar-refractivity contribution in [2.24, 2.45) is 0 Å². The zero-order valence-corrected chi connectivity index (χ0v) is 7.83. The SMILES string of the molecule is Cl.O=C(O)[C@H](O)[C@H](O)[C@@H](O)[C@H](O)CO. The smallest absolute Gasteiger partial charge is 0.335 e. The molecule has 0 aromatic carbocycles. The third-order valence-corrected chi connectivity index (χ3v) is 1.51. The van der Waals surface area contributed by atoms with Crippen LogP contribution in [0.2, 0.25) is 0 Å². The van der Waals surface area contributed by atoms with E-state index in [-0.39, 0.29) is 12.4 Å². The molecule has 0 rings (SSSR count). The summed E-state index contributed by atoms with van der Waals surface area (Å²) in [6.45, 7) is -0.843. The maximum absolute atomic E-state index is 10.1. The highest BCUT2D eigenvalue weighted by Crippen LogP contribution is 2.04. The molecule has 14 heavy (non-hydrogen) atoms. The number of carboxylic acid groups (broad SMARTS) is 1. The Labute approximate surface area is 85.6 Å². The Hall–Kier alpha value is -0.440. The molecule has 0 aliphatic carbocycles. The van der Waals surface area contributed by atoms with Gasteiger partial charge in [-0.15, -0.1) is 12.4 Å². The summed E-state index contributed by atoms with van der Waals surface area (Å²) in [6.07, 6.45) is -7.84. The average Bonchev–Trinajstić information content (AvgIpc) is 2.12. The Balaban J connectivity index is 0. The van der Waals surface area contributed by atoms with Crippen LogP contribution in [0.5, 0.6) is 0 Å². The predicted octanol–water partition coefficient (Wildman–Crippen LogP) is -3.07. The number of carbonyl (C=O) groups is 1. The first-order valence-corrected chi connectivity index (χ1v) is 3.47. The minimum Gasteiger partial charge on any atom is -0.479 e. The average molecular weight is 233 g/mol. The van der Waals surface area contributed by atoms with Crippen LogP contribution in [-0.2, 0) is 4.79 Å². The van der Waals surface area contributed by atoms with Crippen molar-refractivity contribution < 1.29 is 35.4 Å². The zero-order chi connectivity index (χ0) is 10.6. The van der Waals surface area contributed by atoms with Gasteiger partial charge in [-0.05, 0) is 0 Å². The third-order valence-electron chi connectivity index (χ3n) is 1.51. The predicted molar refractivity (Wildman–Crippen MR) is 46.0 cm³/mol. The van der Waals surface area contributed by atoms with Crippen LogP contribution in [-0.4, -0.2) is 67.6 Å². The van der Waals surface area contributed by atoms with Crippen LogP contribution in [0.15, 0.2) is 0 Å². The second kappa shape index (κ2) is 6.93. The van der Waals surface area contributed by atoms with E-state index in [9.17, 15) is 4.79 Å². The van der Waals surface area contributed by atoms with Gasteiger partial charge in [0, 0.05) is 0 Å².